The molecule has 1 heterocycles. The van der Waals surface area contributed by atoms with Gasteiger partial charge in [-0.2, -0.15) is 0 Å². The molecule has 1 amide bonds. The number of hydrogen-bond acceptors (Lipinski definition) is 2. The van der Waals surface area contributed by atoms with E-state index in [9.17, 15) is 4.79 Å². The van der Waals surface area contributed by atoms with Crippen molar-refractivity contribution in [3.05, 3.63) is 47.5 Å². The number of halogens is 1. The van der Waals surface area contributed by atoms with Crippen LogP contribution in [-0.4, -0.2) is 15.5 Å². The van der Waals surface area contributed by atoms with Crippen molar-refractivity contribution in [1.29, 1.82) is 0 Å². The Morgan fingerprint density at radius 3 is 2.94 bits per heavy atom. The summed E-state index contributed by atoms with van der Waals surface area (Å²) in [4.78, 5) is 15.7. The van der Waals surface area contributed by atoms with Gasteiger partial charge in [0.1, 0.15) is 5.69 Å². The lowest BCUT2D eigenvalue weighted by Gasteiger charge is -2.05. The fourth-order valence-corrected chi connectivity index (χ4v) is 1.53. The molecule has 1 aromatic heterocycles. The summed E-state index contributed by atoms with van der Waals surface area (Å²) in [6, 6.07) is 7.00. The van der Waals surface area contributed by atoms with E-state index >= 15 is 0 Å². The number of aromatic nitrogens is 2. The van der Waals surface area contributed by atoms with E-state index in [1.165, 1.54) is 6.20 Å². The van der Waals surface area contributed by atoms with Gasteiger partial charge in [-0.25, -0.2) is 4.98 Å². The first-order valence-electron chi connectivity index (χ1n) is 4.70. The third kappa shape index (κ3) is 2.23. The molecular weight excluding hydrogens is 226 g/mol. The molecule has 1 N–H and O–H groups in total. The molecule has 0 atom stereocenters. The van der Waals surface area contributed by atoms with E-state index in [2.05, 4.69) is 10.3 Å². The summed E-state index contributed by atoms with van der Waals surface area (Å²) in [6.07, 6.45) is 3.09. The van der Waals surface area contributed by atoms with E-state index in [0.29, 0.717) is 16.4 Å². The molecule has 16 heavy (non-hydrogen) atoms. The number of carbonyl (C=O) groups is 1. The number of imidazole rings is 1. The highest BCUT2D eigenvalue weighted by Gasteiger charge is 2.09. The van der Waals surface area contributed by atoms with Crippen molar-refractivity contribution < 1.29 is 4.79 Å². The molecule has 0 bridgehead atoms. The van der Waals surface area contributed by atoms with Crippen LogP contribution in [-0.2, 0) is 7.05 Å². The highest BCUT2D eigenvalue weighted by molar-refractivity contribution is 6.30. The number of rotatable bonds is 2. The van der Waals surface area contributed by atoms with Gasteiger partial charge in [-0.3, -0.25) is 4.79 Å². The van der Waals surface area contributed by atoms with Crippen LogP contribution in [0.1, 0.15) is 10.5 Å². The van der Waals surface area contributed by atoms with E-state index < -0.39 is 0 Å². The normalized spacial score (nSPS) is 10.1. The highest BCUT2D eigenvalue weighted by atomic mass is 35.5. The van der Waals surface area contributed by atoms with E-state index in [0.717, 1.165) is 0 Å². The van der Waals surface area contributed by atoms with Gasteiger partial charge in [0.15, 0.2) is 0 Å². The molecular formula is C11H10ClN3O. The van der Waals surface area contributed by atoms with E-state index in [-0.39, 0.29) is 5.91 Å². The van der Waals surface area contributed by atoms with Crippen molar-refractivity contribution in [2.75, 3.05) is 5.32 Å². The predicted octanol–water partition coefficient (Wildman–Crippen LogP) is 2.33. The van der Waals surface area contributed by atoms with Crippen molar-refractivity contribution in [2.24, 2.45) is 7.05 Å². The maximum Gasteiger partial charge on any atom is 0.273 e. The molecule has 82 valence electrons. The van der Waals surface area contributed by atoms with Crippen LogP contribution in [0.2, 0.25) is 5.02 Å². The van der Waals surface area contributed by atoms with Crippen LogP contribution in [0.3, 0.4) is 0 Å². The van der Waals surface area contributed by atoms with Gasteiger partial charge >= 0.3 is 0 Å². The fraction of sp³-hybridized carbons (Fsp3) is 0.0909. The fourth-order valence-electron chi connectivity index (χ4n) is 1.34. The van der Waals surface area contributed by atoms with Crippen molar-refractivity contribution in [2.45, 2.75) is 0 Å². The first-order valence-corrected chi connectivity index (χ1v) is 5.08. The molecule has 0 radical (unpaired) electrons. The molecule has 0 saturated carbocycles. The molecule has 0 aliphatic carbocycles. The Morgan fingerprint density at radius 1 is 1.50 bits per heavy atom. The van der Waals surface area contributed by atoms with Crippen molar-refractivity contribution in [3.8, 4) is 0 Å². The first-order chi connectivity index (χ1) is 7.66. The Balaban J connectivity index is 2.17. The van der Waals surface area contributed by atoms with Crippen molar-refractivity contribution in [3.63, 3.8) is 0 Å². The molecule has 2 rings (SSSR count). The number of benzene rings is 1. The van der Waals surface area contributed by atoms with Gasteiger partial charge in [-0.05, 0) is 18.2 Å². The average molecular weight is 236 g/mol. The number of hydrogen-bond donors (Lipinski definition) is 1. The zero-order valence-corrected chi connectivity index (χ0v) is 9.40. The Labute approximate surface area is 97.9 Å². The van der Waals surface area contributed by atoms with E-state index in [1.807, 2.05) is 0 Å². The Hall–Kier alpha value is -1.81. The van der Waals surface area contributed by atoms with Crippen LogP contribution in [0.5, 0.6) is 0 Å². The summed E-state index contributed by atoms with van der Waals surface area (Å²) >= 11 is 5.82. The maximum absolute atomic E-state index is 11.8. The van der Waals surface area contributed by atoms with Crippen molar-refractivity contribution in [1.82, 2.24) is 9.55 Å². The summed E-state index contributed by atoms with van der Waals surface area (Å²) in [5.74, 6) is -0.206. The minimum absolute atomic E-state index is 0.206. The maximum atomic E-state index is 11.8. The van der Waals surface area contributed by atoms with Gasteiger partial charge in [-0.1, -0.05) is 17.7 Å². The van der Waals surface area contributed by atoms with Crippen LogP contribution in [0.15, 0.2) is 36.8 Å². The molecule has 4 nitrogen and oxygen atoms in total. The average Bonchev–Trinajstić information content (AvgIpc) is 2.64. The van der Waals surface area contributed by atoms with E-state index in [1.54, 1.807) is 42.2 Å². The van der Waals surface area contributed by atoms with Gasteiger partial charge in [0.2, 0.25) is 0 Å². The number of amides is 1. The van der Waals surface area contributed by atoms with Crippen LogP contribution in [0, 0.1) is 0 Å². The first kappa shape index (κ1) is 10.7. The van der Waals surface area contributed by atoms with Gasteiger partial charge in [-0.15, -0.1) is 0 Å². The number of nitrogens with zero attached hydrogens (tertiary/aromatic N) is 2. The lowest BCUT2D eigenvalue weighted by molar-refractivity contribution is 0.101. The zero-order chi connectivity index (χ0) is 11.5. The lowest BCUT2D eigenvalue weighted by Crippen LogP contribution is -2.15. The smallest absolute Gasteiger partial charge is 0.273 e. The minimum atomic E-state index is -0.206. The molecule has 0 unspecified atom stereocenters. The second-order valence-corrected chi connectivity index (χ2v) is 3.79. The van der Waals surface area contributed by atoms with Gasteiger partial charge in [0.25, 0.3) is 5.91 Å². The molecule has 0 spiro atoms. The van der Waals surface area contributed by atoms with Gasteiger partial charge in [0, 0.05) is 17.8 Å². The number of nitrogens with one attached hydrogen (secondary N) is 1. The van der Waals surface area contributed by atoms with Gasteiger partial charge in [0.05, 0.1) is 12.5 Å². The Kier molecular flexibility index (Phi) is 2.92. The second-order valence-electron chi connectivity index (χ2n) is 3.35. The molecule has 1 aromatic carbocycles. The summed E-state index contributed by atoms with van der Waals surface area (Å²) in [6.45, 7) is 0. The molecule has 0 fully saturated rings. The Bertz CT molecular complexity index is 521. The van der Waals surface area contributed by atoms with Crippen LogP contribution in [0.25, 0.3) is 0 Å². The third-order valence-corrected chi connectivity index (χ3v) is 2.37. The quantitative estimate of drug-likeness (QED) is 0.869. The van der Waals surface area contributed by atoms with Crippen LogP contribution in [0.4, 0.5) is 5.69 Å². The molecule has 5 heteroatoms. The molecule has 0 aliphatic heterocycles. The SMILES string of the molecule is Cn1cncc1C(=O)Nc1cccc(Cl)c1. The minimum Gasteiger partial charge on any atom is -0.330 e. The molecule has 2 aromatic rings. The number of carbonyl (C=O) groups excluding carboxylic acids is 1. The second kappa shape index (κ2) is 4.37. The standard InChI is InChI=1S/C11H10ClN3O/c1-15-7-13-6-10(15)11(16)14-9-4-2-3-8(12)5-9/h2-7H,1H3,(H,14,16). The largest absolute Gasteiger partial charge is 0.330 e. The summed E-state index contributed by atoms with van der Waals surface area (Å²) in [5, 5.41) is 3.33. The monoisotopic (exact) mass is 235 g/mol. The lowest BCUT2D eigenvalue weighted by atomic mass is 10.3. The van der Waals surface area contributed by atoms with E-state index in [4.69, 9.17) is 11.6 Å². The molecule has 0 saturated heterocycles. The van der Waals surface area contributed by atoms with Crippen LogP contribution >= 0.6 is 11.6 Å². The Morgan fingerprint density at radius 2 is 2.31 bits per heavy atom. The zero-order valence-electron chi connectivity index (χ0n) is 8.64. The van der Waals surface area contributed by atoms with Gasteiger partial charge < -0.3 is 9.88 Å². The summed E-state index contributed by atoms with van der Waals surface area (Å²) < 4.78 is 1.65. The topological polar surface area (TPSA) is 46.9 Å². The summed E-state index contributed by atoms with van der Waals surface area (Å²) in [7, 11) is 1.76. The third-order valence-electron chi connectivity index (χ3n) is 2.13. The summed E-state index contributed by atoms with van der Waals surface area (Å²) in [5.41, 5.74) is 1.17. The molecule has 0 aliphatic rings. The predicted molar refractivity (Wildman–Crippen MR) is 62.6 cm³/mol. The number of anilines is 1. The highest BCUT2D eigenvalue weighted by Crippen LogP contribution is 2.15. The van der Waals surface area contributed by atoms with Crippen molar-refractivity contribution >= 4 is 23.2 Å². The van der Waals surface area contributed by atoms with Crippen LogP contribution < -0.4 is 5.32 Å². The number of aryl methyl sites for hydroxylation is 1.